The van der Waals surface area contributed by atoms with Crippen molar-refractivity contribution in [2.24, 2.45) is 7.05 Å². The van der Waals surface area contributed by atoms with Crippen LogP contribution in [0.15, 0.2) is 36.7 Å². The minimum absolute atomic E-state index is 0.00483. The van der Waals surface area contributed by atoms with E-state index in [0.29, 0.717) is 18.7 Å². The maximum absolute atomic E-state index is 12.2. The summed E-state index contributed by atoms with van der Waals surface area (Å²) in [6.07, 6.45) is 2.48. The number of hydrogen-bond donors (Lipinski definition) is 3. The lowest BCUT2D eigenvalue weighted by Crippen LogP contribution is -2.44. The van der Waals surface area contributed by atoms with Gasteiger partial charge < -0.3 is 15.7 Å². The molecule has 2 unspecified atom stereocenters. The van der Waals surface area contributed by atoms with E-state index < -0.39 is 5.97 Å². The molecular formula is C17H23N5O3. The van der Waals surface area contributed by atoms with Gasteiger partial charge in [-0.1, -0.05) is 30.3 Å². The molecule has 0 aliphatic carbocycles. The lowest BCUT2D eigenvalue weighted by molar-refractivity contribution is -0.137. The standard InChI is InChI=1S/C17H23N5O3/c1-12(16-18-11-22(2)21-16)19-17(25)20-14(8-9-15(23)24)10-13-6-4-3-5-7-13/h3-7,11-12,14H,8-10H2,1-2H3,(H,23,24)(H2,19,20,25). The predicted octanol–water partition coefficient (Wildman–Crippen LogP) is 1.65. The topological polar surface area (TPSA) is 109 Å². The van der Waals surface area contributed by atoms with Crippen LogP contribution in [0.2, 0.25) is 0 Å². The Balaban J connectivity index is 1.94. The Kier molecular flexibility index (Phi) is 6.50. The molecule has 2 atom stereocenters. The molecule has 0 saturated heterocycles. The number of urea groups is 1. The van der Waals surface area contributed by atoms with Gasteiger partial charge in [0.25, 0.3) is 0 Å². The summed E-state index contributed by atoms with van der Waals surface area (Å²) in [5.74, 6) is -0.367. The van der Waals surface area contributed by atoms with E-state index in [1.807, 2.05) is 30.3 Å². The van der Waals surface area contributed by atoms with Gasteiger partial charge in [0.1, 0.15) is 6.33 Å². The average Bonchev–Trinajstić information content (AvgIpc) is 3.00. The normalized spacial score (nSPS) is 13.0. The van der Waals surface area contributed by atoms with E-state index in [0.717, 1.165) is 5.56 Å². The lowest BCUT2D eigenvalue weighted by atomic mass is 10.0. The number of aliphatic carboxylic acids is 1. The first-order valence-electron chi connectivity index (χ1n) is 8.12. The predicted molar refractivity (Wildman–Crippen MR) is 91.9 cm³/mol. The summed E-state index contributed by atoms with van der Waals surface area (Å²) in [6.45, 7) is 1.79. The number of nitrogens with one attached hydrogen (secondary N) is 2. The summed E-state index contributed by atoms with van der Waals surface area (Å²) in [5.41, 5.74) is 1.04. The smallest absolute Gasteiger partial charge is 0.315 e. The zero-order valence-electron chi connectivity index (χ0n) is 14.3. The fraction of sp³-hybridized carbons (Fsp3) is 0.412. The van der Waals surface area contributed by atoms with E-state index in [9.17, 15) is 9.59 Å². The van der Waals surface area contributed by atoms with E-state index in [1.54, 1.807) is 25.0 Å². The Labute approximate surface area is 146 Å². The highest BCUT2D eigenvalue weighted by molar-refractivity contribution is 5.74. The third-order valence-electron chi connectivity index (χ3n) is 3.72. The summed E-state index contributed by atoms with van der Waals surface area (Å²) in [6, 6.07) is 8.65. The fourth-order valence-corrected chi connectivity index (χ4v) is 2.46. The maximum Gasteiger partial charge on any atom is 0.315 e. The number of benzene rings is 1. The Morgan fingerprint density at radius 2 is 1.96 bits per heavy atom. The minimum atomic E-state index is -0.883. The second-order valence-corrected chi connectivity index (χ2v) is 5.93. The van der Waals surface area contributed by atoms with Crippen molar-refractivity contribution >= 4 is 12.0 Å². The Morgan fingerprint density at radius 3 is 2.56 bits per heavy atom. The Morgan fingerprint density at radius 1 is 1.24 bits per heavy atom. The van der Waals surface area contributed by atoms with E-state index >= 15 is 0 Å². The van der Waals surface area contributed by atoms with Crippen LogP contribution in [0.3, 0.4) is 0 Å². The molecule has 0 bridgehead atoms. The van der Waals surface area contributed by atoms with E-state index in [1.165, 1.54) is 0 Å². The van der Waals surface area contributed by atoms with E-state index in [2.05, 4.69) is 20.7 Å². The van der Waals surface area contributed by atoms with Gasteiger partial charge in [0.2, 0.25) is 0 Å². The van der Waals surface area contributed by atoms with Crippen molar-refractivity contribution in [1.29, 1.82) is 0 Å². The first-order valence-corrected chi connectivity index (χ1v) is 8.12. The maximum atomic E-state index is 12.2. The highest BCUT2D eigenvalue weighted by Gasteiger charge is 2.18. The second-order valence-electron chi connectivity index (χ2n) is 5.93. The monoisotopic (exact) mass is 345 g/mol. The molecule has 25 heavy (non-hydrogen) atoms. The number of carboxylic acids is 1. The average molecular weight is 345 g/mol. The summed E-state index contributed by atoms with van der Waals surface area (Å²) < 4.78 is 1.57. The van der Waals surface area contributed by atoms with E-state index in [4.69, 9.17) is 5.11 Å². The van der Waals surface area contributed by atoms with Gasteiger partial charge in [-0.05, 0) is 25.3 Å². The molecule has 2 aromatic rings. The van der Waals surface area contributed by atoms with Crippen molar-refractivity contribution < 1.29 is 14.7 Å². The van der Waals surface area contributed by atoms with Crippen LogP contribution < -0.4 is 10.6 Å². The first-order chi connectivity index (χ1) is 11.9. The van der Waals surface area contributed by atoms with Crippen LogP contribution in [0.4, 0.5) is 4.79 Å². The van der Waals surface area contributed by atoms with Crippen molar-refractivity contribution in [2.45, 2.75) is 38.3 Å². The molecule has 0 aliphatic heterocycles. The van der Waals surface area contributed by atoms with Gasteiger partial charge in [-0.2, -0.15) is 5.10 Å². The molecule has 2 amide bonds. The minimum Gasteiger partial charge on any atom is -0.481 e. The van der Waals surface area contributed by atoms with Gasteiger partial charge in [0, 0.05) is 19.5 Å². The van der Waals surface area contributed by atoms with Crippen LogP contribution >= 0.6 is 0 Å². The zero-order valence-corrected chi connectivity index (χ0v) is 14.3. The van der Waals surface area contributed by atoms with Gasteiger partial charge >= 0.3 is 12.0 Å². The van der Waals surface area contributed by atoms with Crippen molar-refractivity contribution in [1.82, 2.24) is 25.4 Å². The van der Waals surface area contributed by atoms with Gasteiger partial charge in [-0.3, -0.25) is 9.48 Å². The van der Waals surface area contributed by atoms with Crippen molar-refractivity contribution in [3.8, 4) is 0 Å². The number of carbonyl (C=O) groups is 2. The van der Waals surface area contributed by atoms with Crippen LogP contribution in [-0.2, 0) is 18.3 Å². The molecule has 8 nitrogen and oxygen atoms in total. The summed E-state index contributed by atoms with van der Waals surface area (Å²) in [4.78, 5) is 27.2. The molecule has 1 heterocycles. The van der Waals surface area contributed by atoms with Crippen molar-refractivity contribution in [3.05, 3.63) is 48.0 Å². The molecule has 8 heteroatoms. The van der Waals surface area contributed by atoms with Crippen molar-refractivity contribution in [2.75, 3.05) is 0 Å². The fourth-order valence-electron chi connectivity index (χ4n) is 2.46. The van der Waals surface area contributed by atoms with Crippen LogP contribution in [0.1, 0.15) is 37.2 Å². The molecular weight excluding hydrogens is 322 g/mol. The summed E-state index contributed by atoms with van der Waals surface area (Å²) >= 11 is 0. The lowest BCUT2D eigenvalue weighted by Gasteiger charge is -2.20. The van der Waals surface area contributed by atoms with Crippen LogP contribution in [0.25, 0.3) is 0 Å². The molecule has 0 saturated carbocycles. The molecule has 134 valence electrons. The molecule has 1 aromatic carbocycles. The van der Waals surface area contributed by atoms with Crippen LogP contribution in [-0.4, -0.2) is 37.9 Å². The number of nitrogens with zero attached hydrogens (tertiary/aromatic N) is 3. The Bertz CT molecular complexity index is 701. The highest BCUT2D eigenvalue weighted by atomic mass is 16.4. The molecule has 0 aliphatic rings. The highest BCUT2D eigenvalue weighted by Crippen LogP contribution is 2.09. The number of carboxylic acid groups (broad SMARTS) is 1. The number of rotatable bonds is 8. The number of carbonyl (C=O) groups excluding carboxylic acids is 1. The van der Waals surface area contributed by atoms with Crippen LogP contribution in [0.5, 0.6) is 0 Å². The third kappa shape index (κ3) is 6.25. The first kappa shape index (κ1) is 18.4. The number of aryl methyl sites for hydroxylation is 1. The number of hydrogen-bond acceptors (Lipinski definition) is 4. The number of aromatic nitrogens is 3. The molecule has 2 rings (SSSR count). The second kappa shape index (κ2) is 8.81. The van der Waals surface area contributed by atoms with Gasteiger partial charge in [0.15, 0.2) is 5.82 Å². The van der Waals surface area contributed by atoms with Crippen LogP contribution in [0, 0.1) is 0 Å². The molecule has 3 N–H and O–H groups in total. The quantitative estimate of drug-likeness (QED) is 0.674. The molecule has 0 spiro atoms. The third-order valence-corrected chi connectivity index (χ3v) is 3.72. The van der Waals surface area contributed by atoms with E-state index in [-0.39, 0.29) is 24.5 Å². The zero-order chi connectivity index (χ0) is 18.2. The van der Waals surface area contributed by atoms with Gasteiger partial charge in [-0.15, -0.1) is 0 Å². The largest absolute Gasteiger partial charge is 0.481 e. The summed E-state index contributed by atoms with van der Waals surface area (Å²) in [5, 5.41) is 18.7. The van der Waals surface area contributed by atoms with Gasteiger partial charge in [0.05, 0.1) is 6.04 Å². The molecule has 0 radical (unpaired) electrons. The molecule has 1 aromatic heterocycles. The van der Waals surface area contributed by atoms with Gasteiger partial charge in [-0.25, -0.2) is 9.78 Å². The number of amides is 2. The SMILES string of the molecule is CC(NC(=O)NC(CCC(=O)O)Cc1ccccc1)c1ncn(C)n1. The molecule has 0 fully saturated rings. The van der Waals surface area contributed by atoms with Crippen molar-refractivity contribution in [3.63, 3.8) is 0 Å². The Hall–Kier alpha value is -2.90. The summed E-state index contributed by atoms with van der Waals surface area (Å²) in [7, 11) is 1.76.